The predicted octanol–water partition coefficient (Wildman–Crippen LogP) is 8.19. The van der Waals surface area contributed by atoms with E-state index in [0.717, 1.165) is 14.5 Å². The van der Waals surface area contributed by atoms with Crippen LogP contribution in [0.5, 0.6) is 0 Å². The molecule has 0 unspecified atom stereocenters. The molecular weight excluding hydrogens is 607 g/mol. The first-order valence-corrected chi connectivity index (χ1v) is 18.1. The molecule has 0 amide bonds. The third-order valence-electron chi connectivity index (χ3n) is 2.60. The summed E-state index contributed by atoms with van der Waals surface area (Å²) in [6.45, 7) is 13.0. The van der Waals surface area contributed by atoms with Gasteiger partial charge in [0.15, 0.2) is 0 Å². The van der Waals surface area contributed by atoms with Gasteiger partial charge in [-0.25, -0.2) is 0 Å². The SMILES string of the molecule is Brc1ccc(I)cc1.C[Si](C)(C)C#Cc1ccc(Br)cc1.[C+]#C[Si](C)(C)C. The molecule has 5 heteroatoms. The minimum absolute atomic E-state index is 1.10. The third-order valence-corrected chi connectivity index (χ3v) is 6.01. The van der Waals surface area contributed by atoms with Crippen LogP contribution in [0.3, 0.4) is 0 Å². The van der Waals surface area contributed by atoms with Crippen LogP contribution in [0.2, 0.25) is 39.3 Å². The van der Waals surface area contributed by atoms with Crippen LogP contribution in [-0.4, -0.2) is 16.1 Å². The Kier molecular flexibility index (Phi) is 13.1. The average Bonchev–Trinajstić information content (AvgIpc) is 2.57. The zero-order valence-electron chi connectivity index (χ0n) is 16.8. The Labute approximate surface area is 198 Å². The first-order chi connectivity index (χ1) is 12.3. The van der Waals surface area contributed by atoms with E-state index < -0.39 is 16.1 Å². The van der Waals surface area contributed by atoms with Crippen molar-refractivity contribution >= 4 is 70.6 Å². The second-order valence-electron chi connectivity index (χ2n) is 7.82. The Bertz CT molecular complexity index is 761. The van der Waals surface area contributed by atoms with Gasteiger partial charge in [-0.05, 0) is 71.1 Å². The van der Waals surface area contributed by atoms with Crippen molar-refractivity contribution in [2.24, 2.45) is 0 Å². The number of benzene rings is 2. The van der Waals surface area contributed by atoms with Gasteiger partial charge in [-0.2, -0.15) is 0 Å². The van der Waals surface area contributed by atoms with Gasteiger partial charge in [0, 0.05) is 18.1 Å². The Balaban J connectivity index is 0.000000413. The van der Waals surface area contributed by atoms with Crippen LogP contribution >= 0.6 is 54.5 Å². The monoisotopic (exact) mass is 631 g/mol. The van der Waals surface area contributed by atoms with Gasteiger partial charge in [-0.3, -0.25) is 0 Å². The summed E-state index contributed by atoms with van der Waals surface area (Å²) in [5.41, 5.74) is 6.93. The number of hydrogen-bond donors (Lipinski definition) is 0. The normalized spacial score (nSPS) is 10.2. The molecule has 0 spiro atoms. The minimum atomic E-state index is -1.23. The topological polar surface area (TPSA) is 0 Å². The predicted molar refractivity (Wildman–Crippen MR) is 142 cm³/mol. The summed E-state index contributed by atoms with van der Waals surface area (Å²) in [5, 5.41) is 0. The van der Waals surface area contributed by atoms with E-state index in [2.05, 4.69) is 123 Å². The summed E-state index contributed by atoms with van der Waals surface area (Å²) >= 11 is 9.01. The molecule has 2 rings (SSSR count). The molecule has 2 aromatic rings. The van der Waals surface area contributed by atoms with Gasteiger partial charge in [-0.15, -0.1) is 5.54 Å². The zero-order valence-corrected chi connectivity index (χ0v) is 24.1. The molecule has 0 nitrogen and oxygen atoms in total. The van der Waals surface area contributed by atoms with Crippen LogP contribution in [0.25, 0.3) is 0 Å². The molecule has 0 radical (unpaired) electrons. The van der Waals surface area contributed by atoms with E-state index >= 15 is 0 Å². The molecule has 142 valence electrons. The maximum absolute atomic E-state index is 6.67. The van der Waals surface area contributed by atoms with Crippen molar-refractivity contribution in [1.82, 2.24) is 0 Å². The summed E-state index contributed by atoms with van der Waals surface area (Å²) in [4.78, 5) is 0. The standard InChI is InChI=1S/C11H13BrSi.C6H4BrI.C5H9Si/c1-13(2,3)9-8-10-4-6-11(12)7-5-10;7-5-1-3-6(8)4-2-5;1-5-6(2,3)4/h4-7H,1-3H3;1-4H;2-4H3/q;;+1. The van der Waals surface area contributed by atoms with Crippen LogP contribution < -0.4 is 0 Å². The van der Waals surface area contributed by atoms with Gasteiger partial charge in [0.2, 0.25) is 0 Å². The summed E-state index contributed by atoms with van der Waals surface area (Å²) in [6.07, 6.45) is 6.67. The molecule has 0 aromatic heterocycles. The Hall–Kier alpha value is -0.0962. The second kappa shape index (κ2) is 13.2. The molecule has 0 aliphatic heterocycles. The van der Waals surface area contributed by atoms with Crippen molar-refractivity contribution in [3.8, 4) is 17.0 Å². The molecule has 0 aliphatic carbocycles. The van der Waals surface area contributed by atoms with E-state index in [1.807, 2.05) is 36.4 Å². The van der Waals surface area contributed by atoms with Crippen LogP contribution in [0.15, 0.2) is 57.5 Å². The molecule has 0 saturated heterocycles. The van der Waals surface area contributed by atoms with Gasteiger partial charge in [0.1, 0.15) is 8.07 Å². The fourth-order valence-electron chi connectivity index (χ4n) is 1.22. The van der Waals surface area contributed by atoms with E-state index in [1.165, 1.54) is 3.57 Å². The van der Waals surface area contributed by atoms with E-state index in [1.54, 1.807) is 0 Å². The van der Waals surface area contributed by atoms with Gasteiger partial charge in [0.25, 0.3) is 0 Å². The fourth-order valence-corrected chi connectivity index (χ4v) is 2.63. The number of rotatable bonds is 0. The molecule has 0 bridgehead atoms. The van der Waals surface area contributed by atoms with Crippen molar-refractivity contribution < 1.29 is 0 Å². The van der Waals surface area contributed by atoms with Gasteiger partial charge >= 0.3 is 39.7 Å². The van der Waals surface area contributed by atoms with Crippen molar-refractivity contribution in [1.29, 1.82) is 0 Å². The Morgan fingerprint density at radius 3 is 1.41 bits per heavy atom. The van der Waals surface area contributed by atoms with Crippen molar-refractivity contribution in [2.45, 2.75) is 39.3 Å². The maximum atomic E-state index is 6.67. The summed E-state index contributed by atoms with van der Waals surface area (Å²) < 4.78 is 3.51. The van der Waals surface area contributed by atoms with Gasteiger partial charge in [-0.1, -0.05) is 57.4 Å². The Morgan fingerprint density at radius 1 is 0.741 bits per heavy atom. The molecule has 0 N–H and O–H groups in total. The van der Waals surface area contributed by atoms with Crippen molar-refractivity contribution in [2.75, 3.05) is 0 Å². The van der Waals surface area contributed by atoms with Crippen LogP contribution in [0.1, 0.15) is 5.56 Å². The molecule has 27 heavy (non-hydrogen) atoms. The zero-order chi connectivity index (χ0) is 21.1. The molecule has 0 fully saturated rings. The summed E-state index contributed by atoms with van der Waals surface area (Å²) in [5.74, 6) is 3.20. The van der Waals surface area contributed by atoms with E-state index in [9.17, 15) is 0 Å². The molecule has 0 heterocycles. The van der Waals surface area contributed by atoms with Gasteiger partial charge in [0.05, 0.1) is 0 Å². The van der Waals surface area contributed by atoms with Gasteiger partial charge < -0.3 is 0 Å². The van der Waals surface area contributed by atoms with Crippen LogP contribution in [0.4, 0.5) is 0 Å². The van der Waals surface area contributed by atoms with E-state index in [4.69, 9.17) is 6.42 Å². The molecule has 0 saturated carbocycles. The number of halogens is 3. The molecule has 0 atom stereocenters. The first kappa shape index (κ1) is 26.9. The van der Waals surface area contributed by atoms with Crippen molar-refractivity contribution in [3.05, 3.63) is 73.0 Å². The second-order valence-corrected chi connectivity index (χ2v) is 20.4. The van der Waals surface area contributed by atoms with E-state index in [-0.39, 0.29) is 0 Å². The van der Waals surface area contributed by atoms with Crippen molar-refractivity contribution in [3.63, 3.8) is 0 Å². The fraction of sp³-hybridized carbons (Fsp3) is 0.273. The summed E-state index contributed by atoms with van der Waals surface area (Å²) in [7, 11) is -2.44. The average molecular weight is 633 g/mol. The molecular formula is C22H26Br2ISi2+. The van der Waals surface area contributed by atoms with Crippen LogP contribution in [0, 0.1) is 27.0 Å². The number of hydrogen-bond acceptors (Lipinski definition) is 0. The third kappa shape index (κ3) is 17.7. The quantitative estimate of drug-likeness (QED) is 0.119. The molecule has 2 aromatic carbocycles. The molecule has 0 aliphatic rings. The van der Waals surface area contributed by atoms with Crippen LogP contribution in [-0.2, 0) is 0 Å². The van der Waals surface area contributed by atoms with E-state index in [0.29, 0.717) is 0 Å². The summed E-state index contributed by atoms with van der Waals surface area (Å²) in [6, 6.07) is 16.3. The Morgan fingerprint density at radius 2 is 1.11 bits per heavy atom. The first-order valence-electron chi connectivity index (χ1n) is 8.46.